The van der Waals surface area contributed by atoms with Crippen LogP contribution in [0.1, 0.15) is 62.7 Å². The van der Waals surface area contributed by atoms with E-state index in [0.717, 1.165) is 25.7 Å². The summed E-state index contributed by atoms with van der Waals surface area (Å²) in [6, 6.07) is -0.352. The Morgan fingerprint density at radius 3 is 2.29 bits per heavy atom. The zero-order valence-electron chi connectivity index (χ0n) is 19.9. The van der Waals surface area contributed by atoms with Crippen molar-refractivity contribution >= 4 is 35.2 Å². The molecule has 2 aliphatic carbocycles. The third-order valence-corrected chi connectivity index (χ3v) is 7.29. The second-order valence-electron chi connectivity index (χ2n) is 10.2. The highest BCUT2D eigenvalue weighted by molar-refractivity contribution is 6.39. The van der Waals surface area contributed by atoms with Gasteiger partial charge in [-0.1, -0.05) is 43.6 Å². The lowest BCUT2D eigenvalue weighted by Gasteiger charge is -2.36. The molecule has 1 aromatic heterocycles. The molecule has 2 aliphatic rings. The highest BCUT2D eigenvalue weighted by Crippen LogP contribution is 2.38. The minimum atomic E-state index is -4.71. The molecule has 0 saturated heterocycles. The van der Waals surface area contributed by atoms with Crippen LogP contribution < -0.4 is 5.32 Å². The molecule has 0 unspecified atom stereocenters. The first-order valence-electron chi connectivity index (χ1n) is 11.7. The molecule has 192 valence electrons. The van der Waals surface area contributed by atoms with Crippen molar-refractivity contribution in [2.75, 3.05) is 13.1 Å². The molecule has 0 bridgehead atoms. The lowest BCUT2D eigenvalue weighted by molar-refractivity contribution is -0.0988. The van der Waals surface area contributed by atoms with Gasteiger partial charge in [0.25, 0.3) is 0 Å². The minimum Gasteiger partial charge on any atom is -0.378 e. The van der Waals surface area contributed by atoms with Crippen molar-refractivity contribution < 1.29 is 18.0 Å². The van der Waals surface area contributed by atoms with E-state index in [9.17, 15) is 18.0 Å². The number of nitrogens with one attached hydrogen (secondary N) is 2. The molecule has 3 rings (SSSR count). The van der Waals surface area contributed by atoms with Gasteiger partial charge in [0.05, 0.1) is 22.2 Å². The van der Waals surface area contributed by atoms with Gasteiger partial charge in [0.15, 0.2) is 5.78 Å². The number of allylic oxidation sites excluding steroid dienone is 2. The van der Waals surface area contributed by atoms with Crippen molar-refractivity contribution in [3.8, 4) is 0 Å². The lowest BCUT2D eigenvalue weighted by atomic mass is 9.75. The van der Waals surface area contributed by atoms with E-state index in [0.29, 0.717) is 25.6 Å². The van der Waals surface area contributed by atoms with Crippen molar-refractivity contribution in [2.24, 2.45) is 11.3 Å². The molecule has 0 spiro atoms. The summed E-state index contributed by atoms with van der Waals surface area (Å²) in [5, 5.41) is 10.7. The zero-order valence-corrected chi connectivity index (χ0v) is 21.5. The quantitative estimate of drug-likeness (QED) is 0.198. The minimum absolute atomic E-state index is 0.0301. The fourth-order valence-corrected chi connectivity index (χ4v) is 4.92. The molecule has 5 nitrogen and oxygen atoms in total. The van der Waals surface area contributed by atoms with E-state index in [-0.39, 0.29) is 50.8 Å². The molecule has 2 N–H and O–H groups in total. The maximum Gasteiger partial charge on any atom is 0.431 e. The van der Waals surface area contributed by atoms with E-state index in [1.54, 1.807) is 0 Å². The van der Waals surface area contributed by atoms with E-state index < -0.39 is 17.7 Å². The Morgan fingerprint density at radius 1 is 1.23 bits per heavy atom. The number of halogens is 5. The normalized spacial score (nSPS) is 19.1. The number of nitrogens with zero attached hydrogens (tertiary/aromatic N) is 2. The van der Waals surface area contributed by atoms with Gasteiger partial charge in [-0.25, -0.2) is 0 Å². The third-order valence-electron chi connectivity index (χ3n) is 6.72. The van der Waals surface area contributed by atoms with Crippen molar-refractivity contribution in [1.82, 2.24) is 15.2 Å². The summed E-state index contributed by atoms with van der Waals surface area (Å²) in [4.78, 5) is 18.4. The van der Waals surface area contributed by atoms with E-state index in [1.807, 2.05) is 0 Å². The molecule has 1 heterocycles. The van der Waals surface area contributed by atoms with Crippen LogP contribution in [0.3, 0.4) is 0 Å². The molecular formula is C25H31Cl2F3N4O. The Hall–Kier alpha value is -2.06. The lowest BCUT2D eigenvalue weighted by Crippen LogP contribution is -2.41. The summed E-state index contributed by atoms with van der Waals surface area (Å²) in [5.41, 5.74) is -1.22. The SMILES string of the molecule is C=C(/C(C=N)=C(/NC1CCC(C)(C)CC1)C(F)(F)F)N(CC(=O)c1c(Cl)cncc1Cl)CC1CC1. The van der Waals surface area contributed by atoms with E-state index in [2.05, 4.69) is 30.7 Å². The number of hydrogen-bond acceptors (Lipinski definition) is 5. The van der Waals surface area contributed by atoms with Gasteiger partial charge < -0.3 is 15.6 Å². The van der Waals surface area contributed by atoms with Gasteiger partial charge in [0.2, 0.25) is 0 Å². The van der Waals surface area contributed by atoms with Crippen LogP contribution >= 0.6 is 23.2 Å². The standard InChI is InChI=1S/C25H31Cl2F3N4O/c1-15(18(10-31)23(25(28,29)30)33-17-6-8-24(2,3)9-7-17)34(13-16-4-5-16)14-21(35)22-19(26)11-32-12-20(22)27/h10-12,16-17,31,33H,1,4-9,13-14H2,2-3H3/b23-18+,31-10?. The van der Waals surface area contributed by atoms with Crippen LogP contribution in [-0.4, -0.2) is 47.2 Å². The van der Waals surface area contributed by atoms with Gasteiger partial charge in [0.1, 0.15) is 5.70 Å². The zero-order chi connectivity index (χ0) is 26.0. The summed E-state index contributed by atoms with van der Waals surface area (Å²) in [6.45, 7) is 8.21. The Labute approximate surface area is 214 Å². The number of rotatable bonds is 10. The Morgan fingerprint density at radius 2 is 1.80 bits per heavy atom. The highest BCUT2D eigenvalue weighted by Gasteiger charge is 2.40. The van der Waals surface area contributed by atoms with E-state index in [4.69, 9.17) is 28.6 Å². The second kappa shape index (κ2) is 10.9. The first-order valence-corrected chi connectivity index (χ1v) is 12.4. The van der Waals surface area contributed by atoms with Crippen LogP contribution in [0.15, 0.2) is 35.9 Å². The predicted octanol–water partition coefficient (Wildman–Crippen LogP) is 6.82. The number of hydrogen-bond donors (Lipinski definition) is 2. The smallest absolute Gasteiger partial charge is 0.378 e. The summed E-state index contributed by atoms with van der Waals surface area (Å²) in [6.07, 6.45) is 3.21. The number of carbonyl (C=O) groups is 1. The van der Waals surface area contributed by atoms with Crippen LogP contribution in [0.25, 0.3) is 0 Å². The van der Waals surface area contributed by atoms with Gasteiger partial charge >= 0.3 is 6.18 Å². The topological polar surface area (TPSA) is 69.1 Å². The molecule has 0 aromatic carbocycles. The summed E-state index contributed by atoms with van der Waals surface area (Å²) < 4.78 is 42.6. The maximum atomic E-state index is 14.2. The molecule has 0 aliphatic heterocycles. The summed E-state index contributed by atoms with van der Waals surface area (Å²) in [5.74, 6) is -0.206. The average molecular weight is 531 g/mol. The summed E-state index contributed by atoms with van der Waals surface area (Å²) >= 11 is 12.2. The number of pyridine rings is 1. The number of aromatic nitrogens is 1. The van der Waals surface area contributed by atoms with Crippen LogP contribution in [0, 0.1) is 16.7 Å². The van der Waals surface area contributed by atoms with Crippen molar-refractivity contribution in [3.63, 3.8) is 0 Å². The van der Waals surface area contributed by atoms with Crippen molar-refractivity contribution in [2.45, 2.75) is 64.6 Å². The van der Waals surface area contributed by atoms with Gasteiger partial charge in [0, 0.05) is 42.5 Å². The third kappa shape index (κ3) is 7.23. The fourth-order valence-electron chi connectivity index (χ4n) is 4.34. The van der Waals surface area contributed by atoms with Crippen LogP contribution in [-0.2, 0) is 0 Å². The van der Waals surface area contributed by atoms with Gasteiger partial charge in [-0.05, 0) is 49.9 Å². The molecule has 1 aromatic rings. The van der Waals surface area contributed by atoms with Crippen molar-refractivity contribution in [3.05, 3.63) is 51.5 Å². The van der Waals surface area contributed by atoms with Gasteiger partial charge in [-0.15, -0.1) is 0 Å². The Bertz CT molecular complexity index is 988. The molecule has 0 atom stereocenters. The number of alkyl halides is 3. The molecule has 35 heavy (non-hydrogen) atoms. The summed E-state index contributed by atoms with van der Waals surface area (Å²) in [7, 11) is 0. The van der Waals surface area contributed by atoms with Gasteiger partial charge in [-0.3, -0.25) is 9.78 Å². The molecular weight excluding hydrogens is 500 g/mol. The van der Waals surface area contributed by atoms with E-state index >= 15 is 0 Å². The van der Waals surface area contributed by atoms with Crippen LogP contribution in [0.5, 0.6) is 0 Å². The number of Topliss-reactive ketones (excluding diaryl/α,β-unsaturated/α-hetero) is 1. The van der Waals surface area contributed by atoms with E-state index in [1.165, 1.54) is 17.3 Å². The van der Waals surface area contributed by atoms with Crippen LogP contribution in [0.2, 0.25) is 10.0 Å². The monoisotopic (exact) mass is 530 g/mol. The highest BCUT2D eigenvalue weighted by atomic mass is 35.5. The molecule has 0 amide bonds. The molecule has 10 heteroatoms. The number of carbonyl (C=O) groups excluding carboxylic acids is 1. The average Bonchev–Trinajstić information content (AvgIpc) is 3.57. The predicted molar refractivity (Wildman–Crippen MR) is 133 cm³/mol. The molecule has 2 saturated carbocycles. The Kier molecular flexibility index (Phi) is 8.58. The Balaban J connectivity index is 1.90. The fraction of sp³-hybridized carbons (Fsp3) is 0.560. The van der Waals surface area contributed by atoms with Gasteiger partial charge in [-0.2, -0.15) is 13.2 Å². The van der Waals surface area contributed by atoms with Crippen LogP contribution in [0.4, 0.5) is 13.2 Å². The largest absolute Gasteiger partial charge is 0.431 e. The first-order chi connectivity index (χ1) is 16.3. The second-order valence-corrected chi connectivity index (χ2v) is 11.0. The first kappa shape index (κ1) is 27.5. The molecule has 2 fully saturated rings. The molecule has 0 radical (unpaired) electrons. The number of ketones is 1. The van der Waals surface area contributed by atoms with Crippen molar-refractivity contribution in [1.29, 1.82) is 5.41 Å². The maximum absolute atomic E-state index is 14.2.